The number of rotatable bonds is 6. The van der Waals surface area contributed by atoms with Crippen molar-refractivity contribution in [1.29, 1.82) is 0 Å². The van der Waals surface area contributed by atoms with E-state index in [9.17, 15) is 14.7 Å². The fraction of sp³-hybridized carbons (Fsp3) is 0.600. The van der Waals surface area contributed by atoms with Crippen molar-refractivity contribution in [1.82, 2.24) is 10.2 Å². The Morgan fingerprint density at radius 2 is 1.93 bits per heavy atom. The molecule has 1 unspecified atom stereocenters. The molecule has 7 nitrogen and oxygen atoms in total. The zero-order chi connectivity index (χ0) is 20.1. The summed E-state index contributed by atoms with van der Waals surface area (Å²) in [5.41, 5.74) is -2.01. The molecule has 0 saturated carbocycles. The highest BCUT2D eigenvalue weighted by molar-refractivity contribution is 5.87. The molecule has 1 aromatic rings. The topological polar surface area (TPSA) is 88.1 Å². The van der Waals surface area contributed by atoms with Crippen LogP contribution in [0.4, 0.5) is 4.79 Å². The van der Waals surface area contributed by atoms with Crippen LogP contribution in [0.25, 0.3) is 0 Å². The average Bonchev–Trinajstić information content (AvgIpc) is 3.02. The van der Waals surface area contributed by atoms with Crippen molar-refractivity contribution in [3.05, 3.63) is 35.9 Å². The molecule has 1 saturated heterocycles. The maximum atomic E-state index is 13.0. The quantitative estimate of drug-likeness (QED) is 0.735. The first kappa shape index (κ1) is 21.2. The minimum absolute atomic E-state index is 0.243. The van der Waals surface area contributed by atoms with E-state index in [1.165, 1.54) is 0 Å². The Kier molecular flexibility index (Phi) is 6.84. The summed E-state index contributed by atoms with van der Waals surface area (Å²) in [7, 11) is 2.02. The van der Waals surface area contributed by atoms with Crippen LogP contribution in [-0.2, 0) is 19.8 Å². The molecular weight excluding hydrogens is 348 g/mol. The lowest BCUT2D eigenvalue weighted by atomic mass is 9.90. The number of benzene rings is 1. The van der Waals surface area contributed by atoms with E-state index in [0.29, 0.717) is 5.56 Å². The summed E-state index contributed by atoms with van der Waals surface area (Å²) in [5, 5.41) is 12.6. The second kappa shape index (κ2) is 8.71. The van der Waals surface area contributed by atoms with Crippen molar-refractivity contribution in [2.24, 2.45) is 5.92 Å². The van der Waals surface area contributed by atoms with Crippen LogP contribution in [0.15, 0.2) is 30.3 Å². The highest BCUT2D eigenvalue weighted by Gasteiger charge is 2.44. The van der Waals surface area contributed by atoms with Gasteiger partial charge in [-0.05, 0) is 46.3 Å². The summed E-state index contributed by atoms with van der Waals surface area (Å²) in [5.74, 6) is -0.454. The Hall–Kier alpha value is -2.12. The molecular formula is C20H30N2O5. The molecule has 1 heterocycles. The van der Waals surface area contributed by atoms with Gasteiger partial charge in [0.05, 0.1) is 13.2 Å². The summed E-state index contributed by atoms with van der Waals surface area (Å²) in [4.78, 5) is 27.5. The van der Waals surface area contributed by atoms with Gasteiger partial charge in [0, 0.05) is 12.5 Å². The Morgan fingerprint density at radius 1 is 1.26 bits per heavy atom. The molecule has 27 heavy (non-hydrogen) atoms. The third kappa shape index (κ3) is 5.68. The first-order valence-electron chi connectivity index (χ1n) is 9.19. The molecule has 1 aliphatic rings. The Bertz CT molecular complexity index is 644. The van der Waals surface area contributed by atoms with Crippen molar-refractivity contribution in [2.45, 2.75) is 38.3 Å². The number of esters is 1. The monoisotopic (exact) mass is 378 g/mol. The number of aliphatic hydroxyl groups is 1. The van der Waals surface area contributed by atoms with Crippen molar-refractivity contribution in [3.8, 4) is 0 Å². The van der Waals surface area contributed by atoms with Crippen molar-refractivity contribution < 1.29 is 24.2 Å². The van der Waals surface area contributed by atoms with Gasteiger partial charge in [-0.15, -0.1) is 0 Å². The number of hydrogen-bond acceptors (Lipinski definition) is 6. The number of aliphatic hydroxyl groups excluding tert-OH is 1. The fourth-order valence-electron chi connectivity index (χ4n) is 3.12. The van der Waals surface area contributed by atoms with Crippen molar-refractivity contribution >= 4 is 12.1 Å². The van der Waals surface area contributed by atoms with Gasteiger partial charge in [-0.25, -0.2) is 9.59 Å². The third-order valence-corrected chi connectivity index (χ3v) is 4.51. The largest absolute Gasteiger partial charge is 0.463 e. The zero-order valence-electron chi connectivity index (χ0n) is 16.5. The van der Waals surface area contributed by atoms with Crippen LogP contribution in [0.3, 0.4) is 0 Å². The van der Waals surface area contributed by atoms with Gasteiger partial charge in [-0.3, -0.25) is 5.32 Å². The van der Waals surface area contributed by atoms with E-state index in [-0.39, 0.29) is 12.5 Å². The maximum absolute atomic E-state index is 13.0. The van der Waals surface area contributed by atoms with E-state index in [4.69, 9.17) is 9.47 Å². The van der Waals surface area contributed by atoms with Crippen LogP contribution in [0.2, 0.25) is 0 Å². The Labute approximate surface area is 160 Å². The second-order valence-electron chi connectivity index (χ2n) is 8.07. The second-order valence-corrected chi connectivity index (χ2v) is 8.07. The van der Waals surface area contributed by atoms with Gasteiger partial charge < -0.3 is 19.5 Å². The average molecular weight is 378 g/mol. The number of amides is 1. The highest BCUT2D eigenvalue weighted by Crippen LogP contribution is 2.25. The summed E-state index contributed by atoms with van der Waals surface area (Å²) < 4.78 is 10.8. The number of carbonyl (C=O) groups excluding carboxylic acids is 2. The number of carbonyl (C=O) groups is 2. The SMILES string of the molecule is CN1CC[C@H](COC(=O)C(CO)(NC(=O)OC(C)(C)C)c2ccccc2)C1. The smallest absolute Gasteiger partial charge is 0.408 e. The molecule has 1 aliphatic heterocycles. The summed E-state index contributed by atoms with van der Waals surface area (Å²) >= 11 is 0. The standard InChI is InChI=1S/C20H30N2O5/c1-19(2,3)27-18(25)21-20(14-23,16-8-6-5-7-9-16)17(24)26-13-15-10-11-22(4)12-15/h5-9,15,23H,10-14H2,1-4H3,(H,21,25)/t15-,20?/m0/s1. The van der Waals surface area contributed by atoms with E-state index in [1.807, 2.05) is 7.05 Å². The van der Waals surface area contributed by atoms with Crippen molar-refractivity contribution in [2.75, 3.05) is 33.4 Å². The van der Waals surface area contributed by atoms with E-state index in [2.05, 4.69) is 10.2 Å². The van der Waals surface area contributed by atoms with Gasteiger partial charge in [0.15, 0.2) is 5.54 Å². The van der Waals surface area contributed by atoms with Crippen LogP contribution in [0, 0.1) is 5.92 Å². The first-order chi connectivity index (χ1) is 12.7. The molecule has 2 N–H and O–H groups in total. The number of hydrogen-bond donors (Lipinski definition) is 2. The molecule has 2 atom stereocenters. The van der Waals surface area contributed by atoms with Gasteiger partial charge in [-0.2, -0.15) is 0 Å². The van der Waals surface area contributed by atoms with Crippen LogP contribution in [-0.4, -0.2) is 61.0 Å². The van der Waals surface area contributed by atoms with E-state index < -0.39 is 29.8 Å². The van der Waals surface area contributed by atoms with E-state index in [1.54, 1.807) is 51.1 Å². The minimum atomic E-state index is -1.71. The number of ether oxygens (including phenoxy) is 2. The Morgan fingerprint density at radius 3 is 2.44 bits per heavy atom. The van der Waals surface area contributed by atoms with Gasteiger partial charge in [-0.1, -0.05) is 30.3 Å². The lowest BCUT2D eigenvalue weighted by Gasteiger charge is -2.32. The first-order valence-corrected chi connectivity index (χ1v) is 9.19. The molecule has 0 radical (unpaired) electrons. The lowest BCUT2D eigenvalue weighted by molar-refractivity contribution is -0.155. The molecule has 7 heteroatoms. The zero-order valence-corrected chi connectivity index (χ0v) is 16.5. The van der Waals surface area contributed by atoms with E-state index >= 15 is 0 Å². The highest BCUT2D eigenvalue weighted by atomic mass is 16.6. The maximum Gasteiger partial charge on any atom is 0.408 e. The number of nitrogens with zero attached hydrogens (tertiary/aromatic N) is 1. The molecule has 0 bridgehead atoms. The fourth-order valence-corrected chi connectivity index (χ4v) is 3.12. The number of likely N-dealkylation sites (tertiary alicyclic amines) is 1. The molecule has 1 amide bonds. The predicted octanol–water partition coefficient (Wildman–Crippen LogP) is 1.89. The molecule has 0 aromatic heterocycles. The minimum Gasteiger partial charge on any atom is -0.463 e. The van der Waals surface area contributed by atoms with Crippen LogP contribution >= 0.6 is 0 Å². The van der Waals surface area contributed by atoms with Crippen LogP contribution in [0.1, 0.15) is 32.8 Å². The predicted molar refractivity (Wildman–Crippen MR) is 101 cm³/mol. The summed E-state index contributed by atoms with van der Waals surface area (Å²) in [6.45, 7) is 6.60. The molecule has 1 fully saturated rings. The molecule has 2 rings (SSSR count). The number of nitrogens with one attached hydrogen (secondary N) is 1. The van der Waals surface area contributed by atoms with Gasteiger partial charge in [0.25, 0.3) is 0 Å². The van der Waals surface area contributed by atoms with Gasteiger partial charge >= 0.3 is 12.1 Å². The summed E-state index contributed by atoms with van der Waals surface area (Å²) in [6.07, 6.45) is 0.152. The molecule has 1 aromatic carbocycles. The van der Waals surface area contributed by atoms with Crippen molar-refractivity contribution in [3.63, 3.8) is 0 Å². The number of alkyl carbamates (subject to hydrolysis) is 1. The van der Waals surface area contributed by atoms with Gasteiger partial charge in [0.2, 0.25) is 0 Å². The third-order valence-electron chi connectivity index (χ3n) is 4.51. The van der Waals surface area contributed by atoms with Gasteiger partial charge in [0.1, 0.15) is 5.60 Å². The molecule has 0 aliphatic carbocycles. The van der Waals surface area contributed by atoms with Crippen LogP contribution in [0.5, 0.6) is 0 Å². The Balaban J connectivity index is 2.20. The van der Waals surface area contributed by atoms with E-state index in [0.717, 1.165) is 19.5 Å². The normalized spacial score (nSPS) is 20.0. The molecule has 0 spiro atoms. The molecule has 150 valence electrons. The summed E-state index contributed by atoms with van der Waals surface area (Å²) in [6, 6.07) is 8.58. The van der Waals surface area contributed by atoms with Crippen LogP contribution < -0.4 is 5.32 Å². The lowest BCUT2D eigenvalue weighted by Crippen LogP contribution is -2.56.